The van der Waals surface area contributed by atoms with Crippen molar-refractivity contribution in [3.8, 4) is 5.75 Å². The Labute approximate surface area is 102 Å². The van der Waals surface area contributed by atoms with Crippen molar-refractivity contribution >= 4 is 5.69 Å². The summed E-state index contributed by atoms with van der Waals surface area (Å²) in [6, 6.07) is 4.65. The van der Waals surface area contributed by atoms with Gasteiger partial charge in [0.05, 0.1) is 12.8 Å². The summed E-state index contributed by atoms with van der Waals surface area (Å²) in [6.07, 6.45) is 0. The SMILES string of the molecule is COc1ccc(F)c(NCC(CN)C(C)C)c1. The molecule has 96 valence electrons. The van der Waals surface area contributed by atoms with Crippen LogP contribution in [0.5, 0.6) is 5.75 Å². The van der Waals surface area contributed by atoms with E-state index < -0.39 is 0 Å². The summed E-state index contributed by atoms with van der Waals surface area (Å²) in [5.74, 6) is 1.18. The quantitative estimate of drug-likeness (QED) is 0.803. The molecule has 1 atom stereocenters. The van der Waals surface area contributed by atoms with Crippen molar-refractivity contribution < 1.29 is 9.13 Å². The first-order valence-corrected chi connectivity index (χ1v) is 5.86. The van der Waals surface area contributed by atoms with E-state index in [1.54, 1.807) is 19.2 Å². The predicted molar refractivity (Wildman–Crippen MR) is 68.8 cm³/mol. The molecule has 1 aromatic rings. The fourth-order valence-corrected chi connectivity index (χ4v) is 1.60. The van der Waals surface area contributed by atoms with Crippen molar-refractivity contribution in [3.05, 3.63) is 24.0 Å². The normalized spacial score (nSPS) is 12.6. The lowest BCUT2D eigenvalue weighted by molar-refractivity contribution is 0.409. The van der Waals surface area contributed by atoms with Crippen molar-refractivity contribution in [1.82, 2.24) is 0 Å². The summed E-state index contributed by atoms with van der Waals surface area (Å²) < 4.78 is 18.6. The van der Waals surface area contributed by atoms with Gasteiger partial charge in [-0.25, -0.2) is 4.39 Å². The summed E-state index contributed by atoms with van der Waals surface area (Å²) in [5.41, 5.74) is 6.14. The minimum atomic E-state index is -0.273. The number of methoxy groups -OCH3 is 1. The van der Waals surface area contributed by atoms with E-state index in [4.69, 9.17) is 10.5 Å². The molecular weight excluding hydrogens is 219 g/mol. The molecule has 0 heterocycles. The number of benzene rings is 1. The number of halogens is 1. The molecule has 0 fully saturated rings. The van der Waals surface area contributed by atoms with Gasteiger partial charge in [-0.05, 0) is 30.5 Å². The third-order valence-electron chi connectivity index (χ3n) is 2.97. The molecule has 3 N–H and O–H groups in total. The van der Waals surface area contributed by atoms with Gasteiger partial charge in [0.25, 0.3) is 0 Å². The molecular formula is C13H21FN2O. The maximum absolute atomic E-state index is 13.5. The summed E-state index contributed by atoms with van der Waals surface area (Å²) >= 11 is 0. The lowest BCUT2D eigenvalue weighted by Crippen LogP contribution is -2.27. The Kier molecular flexibility index (Phi) is 5.22. The number of nitrogens with one attached hydrogen (secondary N) is 1. The number of hydrogen-bond acceptors (Lipinski definition) is 3. The first-order chi connectivity index (χ1) is 8.08. The van der Waals surface area contributed by atoms with Gasteiger partial charge < -0.3 is 15.8 Å². The van der Waals surface area contributed by atoms with E-state index >= 15 is 0 Å². The van der Waals surface area contributed by atoms with Gasteiger partial charge >= 0.3 is 0 Å². The van der Waals surface area contributed by atoms with E-state index in [0.717, 1.165) is 0 Å². The zero-order valence-corrected chi connectivity index (χ0v) is 10.7. The van der Waals surface area contributed by atoms with Gasteiger partial charge in [0.15, 0.2) is 0 Å². The molecule has 0 saturated carbocycles. The number of ether oxygens (including phenoxy) is 1. The third-order valence-corrected chi connectivity index (χ3v) is 2.97. The van der Waals surface area contributed by atoms with Gasteiger partial charge in [0.1, 0.15) is 11.6 Å². The maximum atomic E-state index is 13.5. The molecule has 4 heteroatoms. The van der Waals surface area contributed by atoms with Gasteiger partial charge in [-0.15, -0.1) is 0 Å². The highest BCUT2D eigenvalue weighted by Crippen LogP contribution is 2.22. The number of rotatable bonds is 6. The van der Waals surface area contributed by atoms with Crippen LogP contribution in [0.4, 0.5) is 10.1 Å². The number of hydrogen-bond donors (Lipinski definition) is 2. The van der Waals surface area contributed by atoms with Crippen molar-refractivity contribution in [2.24, 2.45) is 17.6 Å². The van der Waals surface area contributed by atoms with E-state index in [9.17, 15) is 4.39 Å². The molecule has 0 aliphatic heterocycles. The van der Waals surface area contributed by atoms with Crippen LogP contribution < -0.4 is 15.8 Å². The average molecular weight is 240 g/mol. The molecule has 0 aliphatic rings. The third kappa shape index (κ3) is 3.89. The second-order valence-corrected chi connectivity index (χ2v) is 4.47. The van der Waals surface area contributed by atoms with Crippen molar-refractivity contribution in [2.75, 3.05) is 25.5 Å². The zero-order valence-electron chi connectivity index (χ0n) is 10.7. The van der Waals surface area contributed by atoms with Gasteiger partial charge in [-0.3, -0.25) is 0 Å². The van der Waals surface area contributed by atoms with Gasteiger partial charge in [-0.1, -0.05) is 13.8 Å². The highest BCUT2D eigenvalue weighted by molar-refractivity contribution is 5.49. The summed E-state index contributed by atoms with van der Waals surface area (Å²) in [4.78, 5) is 0. The molecule has 1 aromatic carbocycles. The fraction of sp³-hybridized carbons (Fsp3) is 0.538. The maximum Gasteiger partial charge on any atom is 0.146 e. The highest BCUT2D eigenvalue weighted by Gasteiger charge is 2.12. The molecule has 1 unspecified atom stereocenters. The van der Waals surface area contributed by atoms with Gasteiger partial charge in [0.2, 0.25) is 0 Å². The fourth-order valence-electron chi connectivity index (χ4n) is 1.60. The second-order valence-electron chi connectivity index (χ2n) is 4.47. The van der Waals surface area contributed by atoms with Crippen LogP contribution in [0, 0.1) is 17.7 Å². The summed E-state index contributed by atoms with van der Waals surface area (Å²) in [5, 5.41) is 3.08. The van der Waals surface area contributed by atoms with Crippen LogP contribution in [-0.2, 0) is 0 Å². The Morgan fingerprint density at radius 3 is 2.65 bits per heavy atom. The zero-order chi connectivity index (χ0) is 12.8. The molecule has 0 bridgehead atoms. The molecule has 0 aliphatic carbocycles. The van der Waals surface area contributed by atoms with Crippen molar-refractivity contribution in [1.29, 1.82) is 0 Å². The van der Waals surface area contributed by atoms with E-state index in [2.05, 4.69) is 19.2 Å². The molecule has 0 amide bonds. The number of anilines is 1. The average Bonchev–Trinajstić information content (AvgIpc) is 2.31. The van der Waals surface area contributed by atoms with Crippen LogP contribution in [0.15, 0.2) is 18.2 Å². The van der Waals surface area contributed by atoms with Gasteiger partial charge in [0, 0.05) is 12.6 Å². The molecule has 17 heavy (non-hydrogen) atoms. The predicted octanol–water partition coefficient (Wildman–Crippen LogP) is 2.48. The van der Waals surface area contributed by atoms with E-state index in [1.165, 1.54) is 6.07 Å². The van der Waals surface area contributed by atoms with E-state index in [-0.39, 0.29) is 5.82 Å². The smallest absolute Gasteiger partial charge is 0.146 e. The van der Waals surface area contributed by atoms with Gasteiger partial charge in [-0.2, -0.15) is 0 Å². The number of nitrogens with two attached hydrogens (primary N) is 1. The Balaban J connectivity index is 2.67. The molecule has 0 saturated heterocycles. The molecule has 0 aromatic heterocycles. The van der Waals surface area contributed by atoms with E-state index in [1.807, 2.05) is 0 Å². The highest BCUT2D eigenvalue weighted by atomic mass is 19.1. The van der Waals surface area contributed by atoms with Crippen LogP contribution in [0.25, 0.3) is 0 Å². The Morgan fingerprint density at radius 1 is 1.41 bits per heavy atom. The second kappa shape index (κ2) is 6.45. The minimum Gasteiger partial charge on any atom is -0.497 e. The van der Waals surface area contributed by atoms with Crippen molar-refractivity contribution in [2.45, 2.75) is 13.8 Å². The minimum absolute atomic E-state index is 0.273. The van der Waals surface area contributed by atoms with Crippen molar-refractivity contribution in [3.63, 3.8) is 0 Å². The largest absolute Gasteiger partial charge is 0.497 e. The first-order valence-electron chi connectivity index (χ1n) is 5.86. The summed E-state index contributed by atoms with van der Waals surface area (Å²) in [7, 11) is 1.56. The molecule has 1 rings (SSSR count). The topological polar surface area (TPSA) is 47.3 Å². The van der Waals surface area contributed by atoms with E-state index in [0.29, 0.717) is 36.4 Å². The van der Waals surface area contributed by atoms with Crippen LogP contribution >= 0.6 is 0 Å². The monoisotopic (exact) mass is 240 g/mol. The Bertz CT molecular complexity index is 355. The van der Waals surface area contributed by atoms with Crippen LogP contribution in [0.1, 0.15) is 13.8 Å². The standard InChI is InChI=1S/C13H21FN2O/c1-9(2)10(7-15)8-16-13-6-11(17-3)4-5-12(13)14/h4-6,9-10,16H,7-8,15H2,1-3H3. The van der Waals surface area contributed by atoms with Crippen LogP contribution in [-0.4, -0.2) is 20.2 Å². The lowest BCUT2D eigenvalue weighted by atomic mass is 9.96. The molecule has 0 spiro atoms. The first kappa shape index (κ1) is 13.8. The van der Waals surface area contributed by atoms with Crippen LogP contribution in [0.3, 0.4) is 0 Å². The summed E-state index contributed by atoms with van der Waals surface area (Å²) in [6.45, 7) is 5.48. The molecule has 0 radical (unpaired) electrons. The lowest BCUT2D eigenvalue weighted by Gasteiger charge is -2.20. The Hall–Kier alpha value is -1.29. The Morgan fingerprint density at radius 2 is 2.12 bits per heavy atom. The molecule has 3 nitrogen and oxygen atoms in total. The van der Waals surface area contributed by atoms with Crippen LogP contribution in [0.2, 0.25) is 0 Å².